The number of aryl methyl sites for hydroxylation is 2. The highest BCUT2D eigenvalue weighted by Gasteiger charge is 2.43. The van der Waals surface area contributed by atoms with E-state index < -0.39 is 29.4 Å². The van der Waals surface area contributed by atoms with Gasteiger partial charge in [0.05, 0.1) is 27.5 Å². The smallest absolute Gasteiger partial charge is 0.419 e. The Balaban J connectivity index is 0.000000144. The number of H-pyrrole nitrogens is 1. The Morgan fingerprint density at radius 1 is 0.648 bits per heavy atom. The number of imidazole rings is 1. The van der Waals surface area contributed by atoms with Crippen molar-refractivity contribution in [1.29, 1.82) is 0 Å². The summed E-state index contributed by atoms with van der Waals surface area (Å²) in [5, 5.41) is 29.2. The van der Waals surface area contributed by atoms with Crippen LogP contribution in [0.2, 0.25) is 10.0 Å². The number of carbonyl (C=O) groups excluding carboxylic acids is 4. The maximum absolute atomic E-state index is 13.4. The van der Waals surface area contributed by atoms with Crippen molar-refractivity contribution in [2.75, 3.05) is 10.6 Å². The summed E-state index contributed by atoms with van der Waals surface area (Å²) in [6, 6.07) is 38.8. The molecule has 3 amide bonds. The number of fused-ring (bicyclic) bond motifs is 2. The largest absolute Gasteiger partial charge is 0.443 e. The van der Waals surface area contributed by atoms with Gasteiger partial charge in [-0.25, -0.2) is 27.9 Å². The lowest BCUT2D eigenvalue weighted by Gasteiger charge is -2.34. The number of ether oxygens (including phenoxy) is 2. The van der Waals surface area contributed by atoms with Crippen molar-refractivity contribution >= 4 is 58.6 Å². The number of halogens is 4. The Hall–Kier alpha value is -9.77. The van der Waals surface area contributed by atoms with Crippen molar-refractivity contribution in [2.24, 2.45) is 19.8 Å². The van der Waals surface area contributed by atoms with E-state index in [1.54, 1.807) is 28.6 Å². The van der Waals surface area contributed by atoms with Gasteiger partial charge in [-0.05, 0) is 127 Å². The normalized spacial score (nSPS) is 15.4. The Labute approximate surface area is 533 Å². The molecule has 4 aliphatic carbocycles. The molecule has 10 aromatic rings. The van der Waals surface area contributed by atoms with Crippen LogP contribution in [0.15, 0.2) is 159 Å². The van der Waals surface area contributed by atoms with Crippen molar-refractivity contribution in [3.05, 3.63) is 253 Å². The molecule has 2 fully saturated rings. The number of aromatic nitrogens is 10. The van der Waals surface area contributed by atoms with Crippen LogP contribution in [-0.2, 0) is 55.2 Å². The van der Waals surface area contributed by atoms with Gasteiger partial charge >= 0.3 is 12.2 Å². The number of hydrogen-bond donors (Lipinski definition) is 5. The molecule has 0 saturated heterocycles. The quantitative estimate of drug-likeness (QED) is 0.0601. The fourth-order valence-corrected chi connectivity index (χ4v) is 12.2. The fraction of sp³-hybridized carbons (Fsp3) is 0.269. The molecule has 4 aliphatic rings. The summed E-state index contributed by atoms with van der Waals surface area (Å²) in [5.41, 5.74) is 17.1. The number of aromatic amines is 1. The maximum atomic E-state index is 13.4. The van der Waals surface area contributed by atoms with E-state index in [0.29, 0.717) is 58.8 Å². The SMILES string of the molecule is C.Cn1cc2c(c1C(=O)Nc1ccc(F)c(Cl)c1)CCC2N.Cn1cc2c(c1C(=O)Nc1ccc(F)c(Cl)c1)CCC2NC(=O)OCc1n[nH]nc1C1CC1.O=C(OCc1nn(C(c2ccccc2)(c2ccccc2)c2ccccc2)nc1C1CC1)n1ccnc1. The highest BCUT2D eigenvalue weighted by atomic mass is 35.5. The second-order valence-corrected chi connectivity index (χ2v) is 23.3. The van der Waals surface area contributed by atoms with Crippen molar-refractivity contribution in [3.63, 3.8) is 0 Å². The molecule has 20 nitrogen and oxygen atoms in total. The summed E-state index contributed by atoms with van der Waals surface area (Å²) in [6.45, 7) is 0.0910. The number of benzene rings is 5. The highest BCUT2D eigenvalue weighted by molar-refractivity contribution is 6.31. The van der Waals surface area contributed by atoms with Crippen LogP contribution in [0.1, 0.15) is 153 Å². The van der Waals surface area contributed by atoms with Gasteiger partial charge in [0.25, 0.3) is 11.8 Å². The van der Waals surface area contributed by atoms with Gasteiger partial charge in [0.2, 0.25) is 0 Å². The zero-order valence-electron chi connectivity index (χ0n) is 49.0. The second-order valence-electron chi connectivity index (χ2n) is 22.5. The number of alkyl carbamates (subject to hydrolysis) is 1. The molecule has 0 aliphatic heterocycles. The van der Waals surface area contributed by atoms with E-state index in [0.717, 1.165) is 88.9 Å². The predicted octanol–water partition coefficient (Wildman–Crippen LogP) is 13.0. The van der Waals surface area contributed by atoms with Crippen LogP contribution in [0.4, 0.5) is 29.7 Å². The monoisotopic (exact) mass is 1270 g/mol. The van der Waals surface area contributed by atoms with Crippen molar-refractivity contribution in [2.45, 2.75) is 101 Å². The average Bonchev–Trinajstić information content (AvgIpc) is 1.74. The molecule has 91 heavy (non-hydrogen) atoms. The van der Waals surface area contributed by atoms with E-state index in [2.05, 4.69) is 72.7 Å². The lowest BCUT2D eigenvalue weighted by atomic mass is 9.77. The van der Waals surface area contributed by atoms with Gasteiger partial charge in [-0.1, -0.05) is 122 Å². The summed E-state index contributed by atoms with van der Waals surface area (Å²) in [6.07, 6.45) is 14.4. The number of amides is 3. The van der Waals surface area contributed by atoms with E-state index in [4.69, 9.17) is 48.6 Å². The number of nitrogens with two attached hydrogens (primary N) is 1. The van der Waals surface area contributed by atoms with Gasteiger partial charge in [-0.2, -0.15) is 30.4 Å². The minimum atomic E-state index is -0.806. The van der Waals surface area contributed by atoms with E-state index in [9.17, 15) is 28.0 Å². The number of hydrogen-bond acceptors (Lipinski definition) is 12. The molecule has 24 heteroatoms. The Bertz CT molecular complexity index is 4150. The molecule has 468 valence electrons. The van der Waals surface area contributed by atoms with Crippen molar-refractivity contribution in [1.82, 2.24) is 54.4 Å². The van der Waals surface area contributed by atoms with E-state index in [-0.39, 0.29) is 54.6 Å². The molecule has 0 spiro atoms. The number of nitrogens with zero attached hydrogens (tertiary/aromatic N) is 9. The minimum Gasteiger partial charge on any atom is -0.443 e. The predicted molar refractivity (Wildman–Crippen MR) is 339 cm³/mol. The summed E-state index contributed by atoms with van der Waals surface area (Å²) in [4.78, 5) is 56.0. The second kappa shape index (κ2) is 27.1. The fourth-order valence-electron chi connectivity index (χ4n) is 11.8. The molecular weight excluding hydrogens is 1210 g/mol. The summed E-state index contributed by atoms with van der Waals surface area (Å²) in [7, 11) is 3.59. The van der Waals surface area contributed by atoms with Crippen molar-refractivity contribution < 1.29 is 37.4 Å². The molecule has 5 heterocycles. The summed E-state index contributed by atoms with van der Waals surface area (Å²) in [5.74, 6) is -0.912. The van der Waals surface area contributed by atoms with Gasteiger partial charge in [-0.3, -0.25) is 9.59 Å². The first-order valence-corrected chi connectivity index (χ1v) is 30.2. The highest BCUT2D eigenvalue weighted by Crippen LogP contribution is 2.45. The van der Waals surface area contributed by atoms with Crippen LogP contribution < -0.4 is 21.7 Å². The average molecular weight is 1270 g/mol. The molecule has 5 aromatic carbocycles. The van der Waals surface area contributed by atoms with Gasteiger partial charge in [-0.15, -0.1) is 0 Å². The molecule has 0 radical (unpaired) electrons. The number of carbonyl (C=O) groups is 4. The van der Waals surface area contributed by atoms with Gasteiger partial charge < -0.3 is 40.3 Å². The zero-order valence-corrected chi connectivity index (χ0v) is 50.5. The van der Waals surface area contributed by atoms with E-state index in [1.807, 2.05) is 78.8 Å². The molecule has 2 unspecified atom stereocenters. The lowest BCUT2D eigenvalue weighted by molar-refractivity contribution is 0.101. The minimum absolute atomic E-state index is 0. The Morgan fingerprint density at radius 2 is 1.16 bits per heavy atom. The first-order chi connectivity index (χ1) is 43.6. The van der Waals surface area contributed by atoms with Crippen LogP contribution in [-0.4, -0.2) is 73.1 Å². The lowest BCUT2D eigenvalue weighted by Crippen LogP contribution is -2.39. The molecule has 5 aromatic heterocycles. The van der Waals surface area contributed by atoms with Gasteiger partial charge in [0, 0.05) is 68.1 Å². The van der Waals surface area contributed by atoms with Crippen LogP contribution >= 0.6 is 23.2 Å². The standard InChI is InChI=1S/C29H25N5O2.C22H22ClFN6O3.C15H15ClFN3O.CH4/c35-28(33-19-18-30-21-33)36-20-26-27(22-16-17-22)32-34(31-26)29(23-10-4-1-5-11-23,24-12-6-2-7-13-24)25-14-8-3-9-15-25;1-30-9-14-13(20(30)21(31)25-12-4-6-16(24)15(23)8-12)5-7-17(14)26-22(32)33-10-18-19(11-2-3-11)28-29-27-18;1-20-7-10-9(3-5-13(10)18)14(20)15(21)19-8-2-4-12(17)11(16)6-8;/h1-15,18-19,21-22H,16-17,20H2;4,6,8-9,11,17H,2-3,5,7,10H2,1H3,(H,25,31)(H,26,32)(H,27,28,29);2,4,6-7,13H,3,5,18H2,1H3,(H,19,21);1H4. The molecule has 2 atom stereocenters. The van der Waals surface area contributed by atoms with Crippen LogP contribution in [0.3, 0.4) is 0 Å². The number of anilines is 2. The topological polar surface area (TPSA) is 249 Å². The van der Waals surface area contributed by atoms with Crippen LogP contribution in [0, 0.1) is 11.6 Å². The van der Waals surface area contributed by atoms with Gasteiger partial charge in [0.1, 0.15) is 54.0 Å². The third kappa shape index (κ3) is 13.4. The molecule has 14 rings (SSSR count). The first-order valence-electron chi connectivity index (χ1n) is 29.4. The van der Waals surface area contributed by atoms with E-state index >= 15 is 0 Å². The van der Waals surface area contributed by atoms with Crippen LogP contribution in [0.5, 0.6) is 0 Å². The number of nitrogens with one attached hydrogen (secondary N) is 4. The van der Waals surface area contributed by atoms with Crippen LogP contribution in [0.25, 0.3) is 0 Å². The van der Waals surface area contributed by atoms with E-state index in [1.165, 1.54) is 47.3 Å². The first kappa shape index (κ1) is 62.8. The molecule has 2 saturated carbocycles. The Kier molecular flexibility index (Phi) is 18.7. The molecular formula is C67H66Cl2F2N14O6. The van der Waals surface area contributed by atoms with Crippen molar-refractivity contribution in [3.8, 4) is 0 Å². The maximum Gasteiger partial charge on any atom is 0.419 e. The summed E-state index contributed by atoms with van der Waals surface area (Å²) >= 11 is 11.5. The molecule has 0 bridgehead atoms. The zero-order chi connectivity index (χ0) is 62.6. The third-order valence-corrected chi connectivity index (χ3v) is 17.0. The van der Waals surface area contributed by atoms with Gasteiger partial charge in [0.15, 0.2) is 5.54 Å². The summed E-state index contributed by atoms with van der Waals surface area (Å²) < 4.78 is 42.3. The molecule has 6 N–H and O–H groups in total. The third-order valence-electron chi connectivity index (χ3n) is 16.4. The number of rotatable bonds is 15. The Morgan fingerprint density at radius 3 is 1.69 bits per heavy atom.